The second-order valence-corrected chi connectivity index (χ2v) is 8.67. The van der Waals surface area contributed by atoms with Crippen molar-refractivity contribution >= 4 is 28.0 Å². The zero-order valence-electron chi connectivity index (χ0n) is 17.0. The van der Waals surface area contributed by atoms with E-state index in [1.807, 2.05) is 12.3 Å². The normalized spacial score (nSPS) is 24.5. The van der Waals surface area contributed by atoms with Gasteiger partial charge in [-0.05, 0) is 44.1 Å². The highest BCUT2D eigenvalue weighted by Crippen LogP contribution is 2.38. The first-order valence-electron chi connectivity index (χ1n) is 10.9. The standard InChI is InChI=1S/C23H27N5O2/c1-2-3-15-4-6-16(7-5-15)28-20(12-21(30)27-11-9-17(29)14-27)26-19-13-25-23-18(22(19)28)8-10-24-23/h1,8,10,13,15-17,29H,3-7,9,11-12,14H2,(H,24,25)/t15?,16?,17-/m1/s1. The topological polar surface area (TPSA) is 87.0 Å². The van der Waals surface area contributed by atoms with Gasteiger partial charge in [0.1, 0.15) is 17.0 Å². The molecule has 156 valence electrons. The first-order valence-corrected chi connectivity index (χ1v) is 10.9. The molecule has 7 heteroatoms. The van der Waals surface area contributed by atoms with Gasteiger partial charge in [-0.3, -0.25) is 4.79 Å². The Morgan fingerprint density at radius 1 is 1.30 bits per heavy atom. The second-order valence-electron chi connectivity index (χ2n) is 8.67. The van der Waals surface area contributed by atoms with Gasteiger partial charge >= 0.3 is 0 Å². The summed E-state index contributed by atoms with van der Waals surface area (Å²) < 4.78 is 2.30. The Morgan fingerprint density at radius 2 is 2.13 bits per heavy atom. The predicted molar refractivity (Wildman–Crippen MR) is 115 cm³/mol. The second kappa shape index (κ2) is 7.77. The van der Waals surface area contributed by atoms with Crippen molar-refractivity contribution in [3.05, 3.63) is 24.3 Å². The van der Waals surface area contributed by atoms with E-state index < -0.39 is 6.10 Å². The Morgan fingerprint density at radius 3 is 2.87 bits per heavy atom. The number of aromatic amines is 1. The van der Waals surface area contributed by atoms with Crippen LogP contribution in [0, 0.1) is 18.3 Å². The van der Waals surface area contributed by atoms with E-state index in [0.29, 0.717) is 31.5 Å². The van der Waals surface area contributed by atoms with Crippen molar-refractivity contribution in [2.45, 2.75) is 57.1 Å². The summed E-state index contributed by atoms with van der Waals surface area (Å²) in [4.78, 5) is 27.2. The smallest absolute Gasteiger partial charge is 0.230 e. The lowest BCUT2D eigenvalue weighted by Gasteiger charge is -2.30. The van der Waals surface area contributed by atoms with Gasteiger partial charge < -0.3 is 19.6 Å². The average Bonchev–Trinajstić information content (AvgIpc) is 3.46. The number of terminal acetylenes is 1. The number of hydrogen-bond donors (Lipinski definition) is 2. The van der Waals surface area contributed by atoms with E-state index in [-0.39, 0.29) is 12.3 Å². The van der Waals surface area contributed by atoms with Gasteiger partial charge in [-0.1, -0.05) is 0 Å². The SMILES string of the molecule is C#CCC1CCC(n2c(CC(=O)N3CC[C@@H](O)C3)nc3cnc4[nH]ccc4c32)CC1. The number of nitrogens with zero attached hydrogens (tertiary/aromatic N) is 4. The molecule has 0 bridgehead atoms. The summed E-state index contributed by atoms with van der Waals surface area (Å²) in [7, 11) is 0. The molecule has 4 heterocycles. The van der Waals surface area contributed by atoms with E-state index in [4.69, 9.17) is 11.4 Å². The fourth-order valence-electron chi connectivity index (χ4n) is 5.15. The van der Waals surface area contributed by atoms with Crippen molar-refractivity contribution in [3.8, 4) is 12.3 Å². The van der Waals surface area contributed by atoms with Crippen LogP contribution < -0.4 is 0 Å². The van der Waals surface area contributed by atoms with Crippen molar-refractivity contribution in [2.24, 2.45) is 5.92 Å². The van der Waals surface area contributed by atoms with Gasteiger partial charge in [-0.15, -0.1) is 12.3 Å². The van der Waals surface area contributed by atoms with Gasteiger partial charge in [-0.2, -0.15) is 0 Å². The van der Waals surface area contributed by atoms with Crippen LogP contribution in [0.15, 0.2) is 18.5 Å². The number of carbonyl (C=O) groups excluding carboxylic acids is 1. The van der Waals surface area contributed by atoms with Crippen molar-refractivity contribution in [1.29, 1.82) is 0 Å². The molecular weight excluding hydrogens is 378 g/mol. The number of H-pyrrole nitrogens is 1. The van der Waals surface area contributed by atoms with Crippen LogP contribution in [0.4, 0.5) is 0 Å². The number of nitrogens with one attached hydrogen (secondary N) is 1. The van der Waals surface area contributed by atoms with Crippen LogP contribution in [0.3, 0.4) is 0 Å². The van der Waals surface area contributed by atoms with E-state index in [9.17, 15) is 9.90 Å². The van der Waals surface area contributed by atoms with Crippen LogP contribution in [0.2, 0.25) is 0 Å². The maximum atomic E-state index is 12.9. The fraction of sp³-hybridized carbons (Fsp3) is 0.522. The molecule has 1 amide bonds. The Kier molecular flexibility index (Phi) is 4.95. The third kappa shape index (κ3) is 3.35. The molecule has 2 aliphatic rings. The molecule has 1 aliphatic carbocycles. The van der Waals surface area contributed by atoms with Crippen LogP contribution in [-0.2, 0) is 11.2 Å². The summed E-state index contributed by atoms with van der Waals surface area (Å²) in [5.41, 5.74) is 2.73. The van der Waals surface area contributed by atoms with E-state index in [0.717, 1.165) is 60.0 Å². The van der Waals surface area contributed by atoms with Crippen LogP contribution in [0.25, 0.3) is 22.1 Å². The predicted octanol–water partition coefficient (Wildman–Crippen LogP) is 2.80. The molecule has 3 aromatic heterocycles. The molecule has 0 spiro atoms. The molecule has 0 aromatic carbocycles. The highest BCUT2D eigenvalue weighted by atomic mass is 16.3. The highest BCUT2D eigenvalue weighted by molar-refractivity contribution is 6.01. The lowest BCUT2D eigenvalue weighted by molar-refractivity contribution is -0.129. The number of likely N-dealkylation sites (tertiary alicyclic amines) is 1. The summed E-state index contributed by atoms with van der Waals surface area (Å²) in [5.74, 6) is 4.22. The third-order valence-corrected chi connectivity index (χ3v) is 6.72. The van der Waals surface area contributed by atoms with E-state index >= 15 is 0 Å². The van der Waals surface area contributed by atoms with Crippen LogP contribution in [0.1, 0.15) is 50.4 Å². The van der Waals surface area contributed by atoms with Crippen LogP contribution in [0.5, 0.6) is 0 Å². The number of amides is 1. The first-order chi connectivity index (χ1) is 14.6. The summed E-state index contributed by atoms with van der Waals surface area (Å²) in [6.45, 7) is 1.03. The molecule has 2 fully saturated rings. The number of hydrogen-bond acceptors (Lipinski definition) is 4. The van der Waals surface area contributed by atoms with Gasteiger partial charge in [0.2, 0.25) is 5.91 Å². The molecule has 7 nitrogen and oxygen atoms in total. The van der Waals surface area contributed by atoms with Crippen molar-refractivity contribution in [1.82, 2.24) is 24.4 Å². The zero-order chi connectivity index (χ0) is 20.7. The Labute approximate surface area is 175 Å². The summed E-state index contributed by atoms with van der Waals surface area (Å²) in [6.07, 6.45) is 14.8. The molecule has 1 saturated carbocycles. The lowest BCUT2D eigenvalue weighted by atomic mass is 9.84. The molecular formula is C23H27N5O2. The summed E-state index contributed by atoms with van der Waals surface area (Å²) >= 11 is 0. The molecule has 1 saturated heterocycles. The molecule has 0 radical (unpaired) electrons. The minimum Gasteiger partial charge on any atom is -0.391 e. The zero-order valence-corrected chi connectivity index (χ0v) is 17.0. The Balaban J connectivity index is 1.52. The van der Waals surface area contributed by atoms with Crippen molar-refractivity contribution < 1.29 is 9.90 Å². The third-order valence-electron chi connectivity index (χ3n) is 6.72. The maximum absolute atomic E-state index is 12.9. The lowest BCUT2D eigenvalue weighted by Crippen LogP contribution is -2.32. The number of fused-ring (bicyclic) bond motifs is 3. The van der Waals surface area contributed by atoms with Gasteiger partial charge in [0, 0.05) is 37.1 Å². The average molecular weight is 406 g/mol. The molecule has 30 heavy (non-hydrogen) atoms. The minimum absolute atomic E-state index is 0.0300. The molecule has 5 rings (SSSR count). The number of carbonyl (C=O) groups is 1. The number of aliphatic hydroxyl groups is 1. The fourth-order valence-corrected chi connectivity index (χ4v) is 5.15. The largest absolute Gasteiger partial charge is 0.391 e. The van der Waals surface area contributed by atoms with Crippen molar-refractivity contribution in [2.75, 3.05) is 13.1 Å². The van der Waals surface area contributed by atoms with Crippen molar-refractivity contribution in [3.63, 3.8) is 0 Å². The Hall–Kier alpha value is -2.85. The van der Waals surface area contributed by atoms with Crippen LogP contribution in [-0.4, -0.2) is 54.6 Å². The number of pyridine rings is 1. The molecule has 3 aromatic rings. The van der Waals surface area contributed by atoms with Gasteiger partial charge in [0.05, 0.1) is 24.2 Å². The summed E-state index contributed by atoms with van der Waals surface area (Å²) in [5, 5.41) is 10.9. The molecule has 1 aliphatic heterocycles. The monoisotopic (exact) mass is 405 g/mol. The summed E-state index contributed by atoms with van der Waals surface area (Å²) in [6, 6.07) is 2.34. The van der Waals surface area contributed by atoms with Gasteiger partial charge in [-0.25, -0.2) is 9.97 Å². The molecule has 0 unspecified atom stereocenters. The molecule has 1 atom stereocenters. The first kappa shape index (κ1) is 19.1. The van der Waals surface area contributed by atoms with E-state index in [2.05, 4.69) is 20.5 Å². The van der Waals surface area contributed by atoms with Crippen LogP contribution >= 0.6 is 0 Å². The minimum atomic E-state index is -0.414. The van der Waals surface area contributed by atoms with E-state index in [1.54, 1.807) is 11.1 Å². The maximum Gasteiger partial charge on any atom is 0.230 e. The highest BCUT2D eigenvalue weighted by Gasteiger charge is 2.30. The number of aromatic nitrogens is 4. The Bertz CT molecular complexity index is 1120. The quantitative estimate of drug-likeness (QED) is 0.654. The number of imidazole rings is 1. The number of aliphatic hydroxyl groups excluding tert-OH is 1. The van der Waals surface area contributed by atoms with Gasteiger partial charge in [0.15, 0.2) is 0 Å². The molecule has 2 N–H and O–H groups in total. The number of rotatable bonds is 4. The number of β-amino-alcohol motifs (C(OH)–C–C–N with tert-alkyl or cyclic N) is 1. The van der Waals surface area contributed by atoms with E-state index in [1.165, 1.54) is 0 Å². The van der Waals surface area contributed by atoms with Gasteiger partial charge in [0.25, 0.3) is 0 Å².